The first-order chi connectivity index (χ1) is 11.2. The van der Waals surface area contributed by atoms with Crippen molar-refractivity contribution in [3.05, 3.63) is 52.1 Å². The van der Waals surface area contributed by atoms with Crippen LogP contribution < -0.4 is 0 Å². The van der Waals surface area contributed by atoms with Gasteiger partial charge in [-0.1, -0.05) is 29.4 Å². The Balaban J connectivity index is 1.83. The summed E-state index contributed by atoms with van der Waals surface area (Å²) in [6.07, 6.45) is 8.14. The molecule has 4 nitrogen and oxygen atoms in total. The van der Waals surface area contributed by atoms with E-state index in [1.807, 2.05) is 12.1 Å². The van der Waals surface area contributed by atoms with Gasteiger partial charge in [-0.2, -0.15) is 0 Å². The number of nitrogens with zero attached hydrogens (tertiary/aromatic N) is 1. The molecule has 2 aromatic rings. The molecule has 0 saturated heterocycles. The number of rotatable bonds is 1. The van der Waals surface area contributed by atoms with Gasteiger partial charge in [-0.15, -0.1) is 0 Å². The van der Waals surface area contributed by atoms with Crippen LogP contribution in [0.3, 0.4) is 0 Å². The van der Waals surface area contributed by atoms with E-state index in [1.165, 1.54) is 35.6 Å². The number of carbonyl (C=O) groups is 1. The number of aliphatic carboxylic acids is 1. The van der Waals surface area contributed by atoms with Crippen LogP contribution in [-0.2, 0) is 28.1 Å². The van der Waals surface area contributed by atoms with E-state index in [2.05, 4.69) is 23.4 Å². The summed E-state index contributed by atoms with van der Waals surface area (Å²) in [6.45, 7) is 0. The Morgan fingerprint density at radius 2 is 1.96 bits per heavy atom. The molecule has 0 amide bonds. The highest BCUT2D eigenvalue weighted by molar-refractivity contribution is 6.09. The van der Waals surface area contributed by atoms with Crippen LogP contribution in [0.5, 0.6) is 0 Å². The van der Waals surface area contributed by atoms with E-state index in [1.54, 1.807) is 0 Å². The summed E-state index contributed by atoms with van der Waals surface area (Å²) < 4.78 is 0. The zero-order chi connectivity index (χ0) is 15.6. The average Bonchev–Trinajstić information content (AvgIpc) is 3.11. The lowest BCUT2D eigenvalue weighted by Crippen LogP contribution is -2.35. The third-order valence-corrected chi connectivity index (χ3v) is 5.34. The monoisotopic (exact) mass is 305 g/mol. The first-order valence-corrected chi connectivity index (χ1v) is 7.97. The number of hydrogen-bond donors (Lipinski definition) is 1. The first-order valence-electron chi connectivity index (χ1n) is 7.97. The molecule has 1 atom stereocenters. The van der Waals surface area contributed by atoms with Gasteiger partial charge in [-0.05, 0) is 59.2 Å². The van der Waals surface area contributed by atoms with Crippen molar-refractivity contribution in [1.29, 1.82) is 0 Å². The maximum Gasteiger partial charge on any atom is 0.360 e. The highest BCUT2D eigenvalue weighted by Crippen LogP contribution is 2.48. The number of carboxylic acid groups (broad SMARTS) is 1. The van der Waals surface area contributed by atoms with Crippen LogP contribution in [0, 0.1) is 0 Å². The summed E-state index contributed by atoms with van der Waals surface area (Å²) in [7, 11) is 0. The molecule has 23 heavy (non-hydrogen) atoms. The van der Waals surface area contributed by atoms with Crippen molar-refractivity contribution in [2.75, 3.05) is 0 Å². The van der Waals surface area contributed by atoms with Gasteiger partial charge in [-0.25, -0.2) is 4.79 Å². The Morgan fingerprint density at radius 3 is 2.83 bits per heavy atom. The van der Waals surface area contributed by atoms with Gasteiger partial charge in [0.15, 0.2) is 0 Å². The molecule has 114 valence electrons. The summed E-state index contributed by atoms with van der Waals surface area (Å²) >= 11 is 0. The molecule has 5 rings (SSSR count). The molecule has 4 heteroatoms. The second-order valence-corrected chi connectivity index (χ2v) is 6.44. The molecule has 0 aromatic heterocycles. The topological polar surface area (TPSA) is 58.9 Å². The number of fused-ring (bicyclic) bond motifs is 7. The molecule has 1 aliphatic heterocycles. The summed E-state index contributed by atoms with van der Waals surface area (Å²) in [6, 6.07) is 8.29. The Kier molecular flexibility index (Phi) is 2.36. The second kappa shape index (κ2) is 4.22. The summed E-state index contributed by atoms with van der Waals surface area (Å²) in [5.41, 5.74) is 3.64. The normalized spacial score (nSPS) is 23.9. The molecule has 3 aliphatic rings. The maximum absolute atomic E-state index is 11.9. The standard InChI is InChI=1S/C19H15NO3/c21-18(22)19-12(10-20-23-19)9-16-15-6-5-11-3-1-2-4-13(11)14(15)7-8-17(16)19/h5-10H,1-4H2,(H,21,22). The molecule has 2 aliphatic carbocycles. The number of carboxylic acids is 1. The number of benzene rings is 2. The van der Waals surface area contributed by atoms with Crippen LogP contribution >= 0.6 is 0 Å². The van der Waals surface area contributed by atoms with Gasteiger partial charge in [0, 0.05) is 11.1 Å². The highest BCUT2D eigenvalue weighted by Gasteiger charge is 2.54. The number of aryl methyl sites for hydroxylation is 2. The fourth-order valence-electron chi connectivity index (χ4n) is 4.23. The van der Waals surface area contributed by atoms with Crippen molar-refractivity contribution in [3.63, 3.8) is 0 Å². The Labute approximate surface area is 133 Å². The summed E-state index contributed by atoms with van der Waals surface area (Å²) in [4.78, 5) is 17.2. The van der Waals surface area contributed by atoms with Gasteiger partial charge in [0.2, 0.25) is 0 Å². The number of oxime groups is 1. The lowest BCUT2D eigenvalue weighted by Gasteiger charge is -2.22. The van der Waals surface area contributed by atoms with E-state index in [0.717, 1.165) is 23.8 Å². The van der Waals surface area contributed by atoms with Gasteiger partial charge >= 0.3 is 5.97 Å². The van der Waals surface area contributed by atoms with E-state index in [-0.39, 0.29) is 0 Å². The minimum atomic E-state index is -1.46. The largest absolute Gasteiger partial charge is 0.478 e. The molecular formula is C19H15NO3. The molecule has 1 unspecified atom stereocenters. The summed E-state index contributed by atoms with van der Waals surface area (Å²) in [5, 5.41) is 15.8. The van der Waals surface area contributed by atoms with Crippen LogP contribution in [0.25, 0.3) is 16.8 Å². The number of hydrogen-bond acceptors (Lipinski definition) is 3. The van der Waals surface area contributed by atoms with Crippen LogP contribution in [-0.4, -0.2) is 17.3 Å². The maximum atomic E-state index is 11.9. The second-order valence-electron chi connectivity index (χ2n) is 6.44. The molecule has 0 saturated carbocycles. The fraction of sp³-hybridized carbons (Fsp3) is 0.263. The average molecular weight is 305 g/mol. The highest BCUT2D eigenvalue weighted by atomic mass is 16.7. The van der Waals surface area contributed by atoms with E-state index < -0.39 is 11.6 Å². The van der Waals surface area contributed by atoms with Gasteiger partial charge < -0.3 is 9.94 Å². The molecule has 1 N–H and O–H groups in total. The molecule has 0 fully saturated rings. The quantitative estimate of drug-likeness (QED) is 0.878. The third-order valence-electron chi connectivity index (χ3n) is 5.34. The van der Waals surface area contributed by atoms with Crippen molar-refractivity contribution in [2.45, 2.75) is 31.3 Å². The Bertz CT molecular complexity index is 941. The zero-order valence-corrected chi connectivity index (χ0v) is 12.5. The molecule has 1 heterocycles. The van der Waals surface area contributed by atoms with E-state index in [4.69, 9.17) is 4.84 Å². The van der Waals surface area contributed by atoms with Crippen molar-refractivity contribution in [1.82, 2.24) is 0 Å². The Hall–Kier alpha value is -2.62. The SMILES string of the molecule is O=C(O)C12ON=CC1=Cc1c2ccc2c3c(ccc12)CCCC3. The lowest BCUT2D eigenvalue weighted by molar-refractivity contribution is -0.159. The third kappa shape index (κ3) is 1.46. The van der Waals surface area contributed by atoms with Crippen molar-refractivity contribution in [3.8, 4) is 0 Å². The first kappa shape index (κ1) is 12.9. The molecule has 2 aromatic carbocycles. The zero-order valence-electron chi connectivity index (χ0n) is 12.5. The lowest BCUT2D eigenvalue weighted by atomic mass is 9.84. The minimum Gasteiger partial charge on any atom is -0.478 e. The van der Waals surface area contributed by atoms with Crippen molar-refractivity contribution >= 4 is 29.0 Å². The fourth-order valence-corrected chi connectivity index (χ4v) is 4.23. The van der Waals surface area contributed by atoms with Crippen LogP contribution in [0.15, 0.2) is 35.0 Å². The molecule has 0 radical (unpaired) electrons. The van der Waals surface area contributed by atoms with Gasteiger partial charge in [0.25, 0.3) is 5.60 Å². The van der Waals surface area contributed by atoms with Gasteiger partial charge in [0.05, 0.1) is 6.21 Å². The molecular weight excluding hydrogens is 290 g/mol. The smallest absolute Gasteiger partial charge is 0.360 e. The van der Waals surface area contributed by atoms with E-state index >= 15 is 0 Å². The van der Waals surface area contributed by atoms with Crippen LogP contribution in [0.2, 0.25) is 0 Å². The summed E-state index contributed by atoms with van der Waals surface area (Å²) in [5.74, 6) is -1.02. The van der Waals surface area contributed by atoms with Gasteiger partial charge in [-0.3, -0.25) is 0 Å². The predicted molar refractivity (Wildman–Crippen MR) is 87.5 cm³/mol. The van der Waals surface area contributed by atoms with Gasteiger partial charge in [0.1, 0.15) is 0 Å². The van der Waals surface area contributed by atoms with E-state index in [9.17, 15) is 9.90 Å². The van der Waals surface area contributed by atoms with E-state index in [0.29, 0.717) is 11.1 Å². The Morgan fingerprint density at radius 1 is 1.13 bits per heavy atom. The predicted octanol–water partition coefficient (Wildman–Crippen LogP) is 3.41. The van der Waals surface area contributed by atoms with Crippen LogP contribution in [0.1, 0.15) is 35.1 Å². The van der Waals surface area contributed by atoms with Crippen molar-refractivity contribution < 1.29 is 14.7 Å². The minimum absolute atomic E-state index is 0.602. The van der Waals surface area contributed by atoms with Crippen molar-refractivity contribution in [2.24, 2.45) is 5.16 Å². The van der Waals surface area contributed by atoms with Crippen LogP contribution in [0.4, 0.5) is 0 Å². The molecule has 0 spiro atoms. The molecule has 0 bridgehead atoms.